The Kier molecular flexibility index (Phi) is 4.27. The molecule has 1 fully saturated rings. The van der Waals surface area contributed by atoms with Gasteiger partial charge in [-0.15, -0.1) is 0 Å². The van der Waals surface area contributed by atoms with Gasteiger partial charge in [0.25, 0.3) is 0 Å². The molecule has 0 amide bonds. The lowest BCUT2D eigenvalue weighted by Gasteiger charge is -2.31. The van der Waals surface area contributed by atoms with Crippen LogP contribution in [0.5, 0.6) is 0 Å². The van der Waals surface area contributed by atoms with E-state index in [2.05, 4.69) is 10.2 Å². The summed E-state index contributed by atoms with van der Waals surface area (Å²) < 4.78 is 4.71. The van der Waals surface area contributed by atoms with Crippen LogP contribution in [0.4, 0.5) is 11.4 Å². The minimum absolute atomic E-state index is 0.241. The fourth-order valence-corrected chi connectivity index (χ4v) is 2.36. The van der Waals surface area contributed by atoms with Crippen molar-refractivity contribution in [3.63, 3.8) is 0 Å². The third-order valence-electron chi connectivity index (χ3n) is 3.51. The van der Waals surface area contributed by atoms with E-state index in [0.717, 1.165) is 48.7 Å². The van der Waals surface area contributed by atoms with Gasteiger partial charge in [-0.25, -0.2) is 0 Å². The zero-order chi connectivity index (χ0) is 13.8. The van der Waals surface area contributed by atoms with E-state index >= 15 is 0 Å². The first kappa shape index (κ1) is 13.7. The van der Waals surface area contributed by atoms with Crippen LogP contribution in [0.3, 0.4) is 0 Å². The molecule has 1 aromatic rings. The van der Waals surface area contributed by atoms with Gasteiger partial charge in [0, 0.05) is 37.6 Å². The minimum atomic E-state index is -0.241. The number of nitrogens with zero attached hydrogens (tertiary/aromatic N) is 1. The van der Waals surface area contributed by atoms with Crippen LogP contribution in [0.25, 0.3) is 0 Å². The summed E-state index contributed by atoms with van der Waals surface area (Å²) in [6, 6.07) is 3.91. The Morgan fingerprint density at radius 2 is 2.11 bits per heavy atom. The molecule has 0 saturated carbocycles. The molecule has 1 saturated heterocycles. The first-order valence-electron chi connectivity index (χ1n) is 6.53. The number of anilines is 2. The van der Waals surface area contributed by atoms with Gasteiger partial charge in [0.2, 0.25) is 0 Å². The molecule has 104 valence electrons. The lowest BCUT2D eigenvalue weighted by molar-refractivity contribution is -0.139. The Labute approximate surface area is 113 Å². The number of methoxy groups -OCH3 is 1. The number of rotatable bonds is 3. The van der Waals surface area contributed by atoms with Gasteiger partial charge < -0.3 is 20.7 Å². The van der Waals surface area contributed by atoms with Crippen molar-refractivity contribution in [1.29, 1.82) is 0 Å². The minimum Gasteiger partial charge on any atom is -0.469 e. The summed E-state index contributed by atoms with van der Waals surface area (Å²) in [5.41, 5.74) is 9.89. The van der Waals surface area contributed by atoms with Crippen molar-refractivity contribution in [3.8, 4) is 0 Å². The van der Waals surface area contributed by atoms with Crippen LogP contribution in [0.2, 0.25) is 0 Å². The molecular weight excluding hydrogens is 242 g/mol. The average molecular weight is 263 g/mol. The fourth-order valence-electron chi connectivity index (χ4n) is 2.36. The van der Waals surface area contributed by atoms with Crippen LogP contribution in [0.1, 0.15) is 11.1 Å². The highest BCUT2D eigenvalue weighted by molar-refractivity contribution is 5.75. The van der Waals surface area contributed by atoms with Gasteiger partial charge in [-0.1, -0.05) is 0 Å². The number of carbonyl (C=O) groups is 1. The van der Waals surface area contributed by atoms with Crippen molar-refractivity contribution < 1.29 is 9.53 Å². The first-order chi connectivity index (χ1) is 9.11. The van der Waals surface area contributed by atoms with E-state index in [-0.39, 0.29) is 12.4 Å². The lowest BCUT2D eigenvalue weighted by Crippen LogP contribution is -2.43. The quantitative estimate of drug-likeness (QED) is 0.621. The Morgan fingerprint density at radius 3 is 2.74 bits per heavy atom. The Morgan fingerprint density at radius 1 is 1.42 bits per heavy atom. The van der Waals surface area contributed by atoms with E-state index in [1.807, 2.05) is 19.1 Å². The Hall–Kier alpha value is -1.75. The molecule has 2 rings (SSSR count). The smallest absolute Gasteiger partial charge is 0.309 e. The maximum Gasteiger partial charge on any atom is 0.309 e. The standard InChI is InChI=1S/C14H21N3O2/c1-10-12(15)7-11(9-14(18)19-2)8-13(10)17-5-3-16-4-6-17/h7-8,16H,3-6,9,15H2,1-2H3. The topological polar surface area (TPSA) is 67.6 Å². The molecule has 1 heterocycles. The van der Waals surface area contributed by atoms with Crippen molar-refractivity contribution in [2.24, 2.45) is 0 Å². The second-order valence-corrected chi connectivity index (χ2v) is 4.82. The zero-order valence-electron chi connectivity index (χ0n) is 11.5. The van der Waals surface area contributed by atoms with Crippen molar-refractivity contribution >= 4 is 17.3 Å². The second kappa shape index (κ2) is 5.93. The number of hydrogen-bond donors (Lipinski definition) is 2. The third kappa shape index (κ3) is 3.17. The number of esters is 1. The zero-order valence-corrected chi connectivity index (χ0v) is 11.5. The molecule has 5 heteroatoms. The monoisotopic (exact) mass is 263 g/mol. The predicted molar refractivity (Wildman–Crippen MR) is 76.4 cm³/mol. The lowest BCUT2D eigenvalue weighted by atomic mass is 10.0. The van der Waals surface area contributed by atoms with Crippen molar-refractivity contribution in [2.45, 2.75) is 13.3 Å². The number of piperazine rings is 1. The maximum atomic E-state index is 11.4. The van der Waals surface area contributed by atoms with Crippen LogP contribution < -0.4 is 16.0 Å². The summed E-state index contributed by atoms with van der Waals surface area (Å²) in [5.74, 6) is -0.241. The largest absolute Gasteiger partial charge is 0.469 e. The highest BCUT2D eigenvalue weighted by atomic mass is 16.5. The summed E-state index contributed by atoms with van der Waals surface area (Å²) in [4.78, 5) is 13.7. The second-order valence-electron chi connectivity index (χ2n) is 4.82. The molecule has 1 aliphatic heterocycles. The summed E-state index contributed by atoms with van der Waals surface area (Å²) in [7, 11) is 1.40. The van der Waals surface area contributed by atoms with Gasteiger partial charge in [-0.05, 0) is 30.2 Å². The van der Waals surface area contributed by atoms with Crippen LogP contribution in [-0.2, 0) is 16.0 Å². The van der Waals surface area contributed by atoms with E-state index in [0.29, 0.717) is 0 Å². The Bertz CT molecular complexity index is 468. The van der Waals surface area contributed by atoms with Gasteiger partial charge in [-0.3, -0.25) is 4.79 Å². The predicted octanol–water partition coefficient (Wildman–Crippen LogP) is 0.702. The molecule has 1 aromatic carbocycles. The van der Waals surface area contributed by atoms with Gasteiger partial charge in [0.15, 0.2) is 0 Å². The van der Waals surface area contributed by atoms with Gasteiger partial charge in [0.05, 0.1) is 13.5 Å². The molecule has 0 aliphatic carbocycles. The van der Waals surface area contributed by atoms with Gasteiger partial charge >= 0.3 is 5.97 Å². The van der Waals surface area contributed by atoms with Gasteiger partial charge in [-0.2, -0.15) is 0 Å². The SMILES string of the molecule is COC(=O)Cc1cc(N)c(C)c(N2CCNCC2)c1. The van der Waals surface area contributed by atoms with E-state index < -0.39 is 0 Å². The van der Waals surface area contributed by atoms with Crippen molar-refractivity contribution in [2.75, 3.05) is 43.9 Å². The average Bonchev–Trinajstić information content (AvgIpc) is 2.43. The normalized spacial score (nSPS) is 15.4. The molecule has 5 nitrogen and oxygen atoms in total. The summed E-state index contributed by atoms with van der Waals surface area (Å²) in [6.07, 6.45) is 0.264. The number of nitrogen functional groups attached to an aromatic ring is 1. The number of hydrogen-bond acceptors (Lipinski definition) is 5. The number of nitrogens with one attached hydrogen (secondary N) is 1. The van der Waals surface area contributed by atoms with Crippen molar-refractivity contribution in [3.05, 3.63) is 23.3 Å². The molecule has 0 bridgehead atoms. The summed E-state index contributed by atoms with van der Waals surface area (Å²) >= 11 is 0. The number of benzene rings is 1. The maximum absolute atomic E-state index is 11.4. The van der Waals surface area contributed by atoms with E-state index in [4.69, 9.17) is 10.5 Å². The highest BCUT2D eigenvalue weighted by Crippen LogP contribution is 2.27. The molecule has 0 radical (unpaired) electrons. The highest BCUT2D eigenvalue weighted by Gasteiger charge is 2.16. The molecular formula is C14H21N3O2. The van der Waals surface area contributed by atoms with E-state index in [9.17, 15) is 4.79 Å². The molecule has 3 N–H and O–H groups in total. The summed E-state index contributed by atoms with van der Waals surface area (Å²) in [5, 5.41) is 3.33. The van der Waals surface area contributed by atoms with E-state index in [1.54, 1.807) is 0 Å². The van der Waals surface area contributed by atoms with Crippen LogP contribution in [0, 0.1) is 6.92 Å². The molecule has 0 atom stereocenters. The Balaban J connectivity index is 2.28. The van der Waals surface area contributed by atoms with Crippen molar-refractivity contribution in [1.82, 2.24) is 5.32 Å². The third-order valence-corrected chi connectivity index (χ3v) is 3.51. The number of nitrogens with two attached hydrogens (primary N) is 1. The van der Waals surface area contributed by atoms with E-state index in [1.165, 1.54) is 7.11 Å². The van der Waals surface area contributed by atoms with Crippen LogP contribution >= 0.6 is 0 Å². The van der Waals surface area contributed by atoms with Gasteiger partial charge in [0.1, 0.15) is 0 Å². The molecule has 1 aliphatic rings. The molecule has 0 spiro atoms. The van der Waals surface area contributed by atoms with Crippen LogP contribution in [-0.4, -0.2) is 39.3 Å². The van der Waals surface area contributed by atoms with Crippen LogP contribution in [0.15, 0.2) is 12.1 Å². The summed E-state index contributed by atoms with van der Waals surface area (Å²) in [6.45, 7) is 5.89. The molecule has 19 heavy (non-hydrogen) atoms. The number of carbonyl (C=O) groups excluding carboxylic acids is 1. The first-order valence-corrected chi connectivity index (χ1v) is 6.53. The molecule has 0 unspecified atom stereocenters. The molecule has 0 aromatic heterocycles. The fraction of sp³-hybridized carbons (Fsp3) is 0.500. The number of ether oxygens (including phenoxy) is 1.